The van der Waals surface area contributed by atoms with Crippen LogP contribution in [0.1, 0.15) is 19.8 Å². The van der Waals surface area contributed by atoms with E-state index < -0.39 is 59.5 Å². The summed E-state index contributed by atoms with van der Waals surface area (Å²) in [5.74, 6) is -6.02. The standard InChI is InChI=1S/C12H17NO9/c1-2-7-3-12(7,11(20)22-21)13(4-8(14)15,5-9(16)17)6-10(18)19/h7H,2-6H2,1H3,(H3-,14,15,16,17,18,19,21)/p+1. The molecule has 1 aliphatic carbocycles. The molecule has 0 bridgehead atoms. The maximum Gasteiger partial charge on any atom is 0.402 e. The van der Waals surface area contributed by atoms with Crippen LogP contribution < -0.4 is 0 Å². The quantitative estimate of drug-likeness (QED) is 0.243. The number of nitrogens with zero attached hydrogens (tertiary/aromatic N) is 1. The third-order valence-corrected chi connectivity index (χ3v) is 4.16. The van der Waals surface area contributed by atoms with Crippen molar-refractivity contribution in [3.63, 3.8) is 0 Å². The summed E-state index contributed by atoms with van der Waals surface area (Å²) in [6.45, 7) is -0.966. The van der Waals surface area contributed by atoms with Crippen LogP contribution in [0.15, 0.2) is 0 Å². The smallest absolute Gasteiger partial charge is 0.402 e. The first kappa shape index (κ1) is 17.9. The summed E-state index contributed by atoms with van der Waals surface area (Å²) in [4.78, 5) is 49.1. The molecule has 0 aromatic heterocycles. The maximum atomic E-state index is 12.0. The number of quaternary nitrogens is 1. The van der Waals surface area contributed by atoms with E-state index in [1.807, 2.05) is 0 Å². The van der Waals surface area contributed by atoms with Crippen molar-refractivity contribution in [2.24, 2.45) is 5.92 Å². The minimum atomic E-state index is -1.68. The van der Waals surface area contributed by atoms with Gasteiger partial charge < -0.3 is 15.3 Å². The summed E-state index contributed by atoms with van der Waals surface area (Å²) < 4.78 is -1.04. The second-order valence-electron chi connectivity index (χ2n) is 5.41. The lowest BCUT2D eigenvalue weighted by Gasteiger charge is -2.40. The summed E-state index contributed by atoms with van der Waals surface area (Å²) >= 11 is 0. The SMILES string of the molecule is CCC1CC1(C(=O)OO)[N+](CC(=O)O)(CC(=O)O)CC(=O)O. The van der Waals surface area contributed by atoms with Gasteiger partial charge >= 0.3 is 23.9 Å². The number of carbonyl (C=O) groups is 4. The predicted molar refractivity (Wildman–Crippen MR) is 67.6 cm³/mol. The number of carboxylic acid groups (broad SMARTS) is 3. The zero-order valence-electron chi connectivity index (χ0n) is 11.9. The minimum absolute atomic E-state index is 0.0523. The van der Waals surface area contributed by atoms with E-state index in [9.17, 15) is 19.2 Å². The molecule has 0 saturated heterocycles. The molecule has 0 aromatic rings. The van der Waals surface area contributed by atoms with E-state index in [4.69, 9.17) is 20.6 Å². The average molecular weight is 320 g/mol. The summed E-state index contributed by atoms with van der Waals surface area (Å²) in [6.07, 6.45) is 0.435. The van der Waals surface area contributed by atoms with Crippen molar-refractivity contribution < 1.29 is 49.1 Å². The molecule has 1 saturated carbocycles. The third kappa shape index (κ3) is 3.02. The van der Waals surface area contributed by atoms with E-state index in [2.05, 4.69) is 4.89 Å². The van der Waals surface area contributed by atoms with Crippen LogP contribution in [-0.2, 0) is 24.1 Å². The van der Waals surface area contributed by atoms with Gasteiger partial charge in [0.15, 0.2) is 19.6 Å². The monoisotopic (exact) mass is 320 g/mol. The van der Waals surface area contributed by atoms with Gasteiger partial charge in [-0.2, -0.15) is 5.26 Å². The van der Waals surface area contributed by atoms with E-state index in [1.165, 1.54) is 0 Å². The van der Waals surface area contributed by atoms with Crippen molar-refractivity contribution in [1.29, 1.82) is 0 Å². The zero-order valence-corrected chi connectivity index (χ0v) is 11.9. The molecule has 0 aliphatic heterocycles. The highest BCUT2D eigenvalue weighted by atomic mass is 17.1. The van der Waals surface area contributed by atoms with Gasteiger partial charge in [0.1, 0.15) is 0 Å². The highest BCUT2D eigenvalue weighted by Crippen LogP contribution is 2.55. The third-order valence-electron chi connectivity index (χ3n) is 4.16. The predicted octanol–water partition coefficient (Wildman–Crippen LogP) is -0.758. The maximum absolute atomic E-state index is 12.0. The Bertz CT molecular complexity index is 462. The van der Waals surface area contributed by atoms with E-state index in [0.717, 1.165) is 0 Å². The van der Waals surface area contributed by atoms with Crippen LogP contribution in [0.2, 0.25) is 0 Å². The molecular formula is C12H18NO9+. The van der Waals surface area contributed by atoms with Crippen molar-refractivity contribution in [2.75, 3.05) is 19.6 Å². The summed E-state index contributed by atoms with van der Waals surface area (Å²) in [5.41, 5.74) is -1.68. The Morgan fingerprint density at radius 3 is 1.68 bits per heavy atom. The van der Waals surface area contributed by atoms with Gasteiger partial charge in [-0.25, -0.2) is 19.2 Å². The first-order chi connectivity index (χ1) is 10.1. The Morgan fingerprint density at radius 2 is 1.45 bits per heavy atom. The van der Waals surface area contributed by atoms with Gasteiger partial charge in [-0.3, -0.25) is 9.37 Å². The van der Waals surface area contributed by atoms with Gasteiger partial charge in [-0.05, 0) is 6.42 Å². The zero-order chi connectivity index (χ0) is 17.1. The van der Waals surface area contributed by atoms with Crippen molar-refractivity contribution in [1.82, 2.24) is 0 Å². The molecule has 2 unspecified atom stereocenters. The second-order valence-corrected chi connectivity index (χ2v) is 5.41. The number of aliphatic carboxylic acids is 3. The summed E-state index contributed by atoms with van der Waals surface area (Å²) in [5, 5.41) is 35.9. The first-order valence-corrected chi connectivity index (χ1v) is 6.52. The normalized spacial score (nSPS) is 23.6. The highest BCUT2D eigenvalue weighted by molar-refractivity contribution is 5.85. The van der Waals surface area contributed by atoms with Gasteiger partial charge in [0.05, 0.1) is 0 Å². The lowest BCUT2D eigenvalue weighted by atomic mass is 10.0. The van der Waals surface area contributed by atoms with Crippen LogP contribution in [0.25, 0.3) is 0 Å². The molecule has 1 aliphatic rings. The number of carbonyl (C=O) groups excluding carboxylic acids is 1. The molecule has 10 heteroatoms. The molecule has 0 radical (unpaired) electrons. The molecule has 124 valence electrons. The van der Waals surface area contributed by atoms with Crippen LogP contribution >= 0.6 is 0 Å². The fraction of sp³-hybridized carbons (Fsp3) is 0.667. The Balaban J connectivity index is 3.43. The van der Waals surface area contributed by atoms with E-state index in [1.54, 1.807) is 6.92 Å². The molecule has 4 N–H and O–H groups in total. The molecule has 22 heavy (non-hydrogen) atoms. The van der Waals surface area contributed by atoms with Crippen molar-refractivity contribution in [2.45, 2.75) is 25.3 Å². The topological polar surface area (TPSA) is 158 Å². The number of hydrogen-bond acceptors (Lipinski definition) is 6. The molecule has 1 rings (SSSR count). The molecule has 0 heterocycles. The lowest BCUT2D eigenvalue weighted by molar-refractivity contribution is -0.935. The molecule has 0 aromatic carbocycles. The van der Waals surface area contributed by atoms with Gasteiger partial charge in [0.25, 0.3) is 0 Å². The Morgan fingerprint density at radius 1 is 1.05 bits per heavy atom. The minimum Gasteiger partial charge on any atom is -0.477 e. The molecule has 0 amide bonds. The van der Waals surface area contributed by atoms with Gasteiger partial charge in [0.2, 0.25) is 5.54 Å². The van der Waals surface area contributed by atoms with Crippen LogP contribution in [0.3, 0.4) is 0 Å². The Kier molecular flexibility index (Phi) is 5.09. The van der Waals surface area contributed by atoms with Crippen LogP contribution in [0, 0.1) is 5.92 Å². The van der Waals surface area contributed by atoms with Gasteiger partial charge in [-0.15, -0.1) is 0 Å². The lowest BCUT2D eigenvalue weighted by Crippen LogP contribution is -2.67. The highest BCUT2D eigenvalue weighted by Gasteiger charge is 2.75. The van der Waals surface area contributed by atoms with E-state index >= 15 is 0 Å². The molecule has 1 fully saturated rings. The van der Waals surface area contributed by atoms with E-state index in [0.29, 0.717) is 6.42 Å². The fourth-order valence-electron chi connectivity index (χ4n) is 3.27. The largest absolute Gasteiger partial charge is 0.477 e. The molecule has 2 atom stereocenters. The van der Waals surface area contributed by atoms with Crippen molar-refractivity contribution >= 4 is 23.9 Å². The van der Waals surface area contributed by atoms with Crippen LogP contribution in [0.5, 0.6) is 0 Å². The second kappa shape index (κ2) is 6.28. The van der Waals surface area contributed by atoms with Crippen LogP contribution in [-0.4, -0.2) is 74.1 Å². The Hall–Kier alpha value is -2.20. The molecular weight excluding hydrogens is 302 g/mol. The number of carboxylic acids is 3. The summed E-state index contributed by atoms with van der Waals surface area (Å²) in [6, 6.07) is 0. The number of rotatable bonds is 9. The van der Waals surface area contributed by atoms with Gasteiger partial charge in [-0.1, -0.05) is 6.92 Å². The number of hydrogen-bond donors (Lipinski definition) is 4. The first-order valence-electron chi connectivity index (χ1n) is 6.52. The fourth-order valence-corrected chi connectivity index (χ4v) is 3.27. The van der Waals surface area contributed by atoms with E-state index in [-0.39, 0.29) is 6.42 Å². The Labute approximate surface area is 125 Å². The average Bonchev–Trinajstić information content (AvgIpc) is 3.11. The van der Waals surface area contributed by atoms with Crippen molar-refractivity contribution in [3.8, 4) is 0 Å². The molecule has 0 spiro atoms. The summed E-state index contributed by atoms with van der Waals surface area (Å²) in [7, 11) is 0. The van der Waals surface area contributed by atoms with Crippen LogP contribution in [0.4, 0.5) is 0 Å². The molecule has 10 nitrogen and oxygen atoms in total. The van der Waals surface area contributed by atoms with Gasteiger partial charge in [0, 0.05) is 12.3 Å². The van der Waals surface area contributed by atoms with Crippen molar-refractivity contribution in [3.05, 3.63) is 0 Å².